The minimum Gasteiger partial charge on any atom is -0.497 e. The van der Waals surface area contributed by atoms with Crippen LogP contribution in [0.3, 0.4) is 0 Å². The van der Waals surface area contributed by atoms with Crippen LogP contribution in [0.2, 0.25) is 0 Å². The Bertz CT molecular complexity index is 919. The number of amides is 1. The molecule has 0 radical (unpaired) electrons. The molecule has 1 heterocycles. The van der Waals surface area contributed by atoms with Gasteiger partial charge in [-0.05, 0) is 30.9 Å². The van der Waals surface area contributed by atoms with Gasteiger partial charge in [0.15, 0.2) is 0 Å². The number of nitrogens with zero attached hydrogens (tertiary/aromatic N) is 1. The molecule has 1 saturated heterocycles. The molecule has 1 amide bonds. The van der Waals surface area contributed by atoms with Crippen molar-refractivity contribution >= 4 is 5.91 Å². The molecule has 2 N–H and O–H groups in total. The van der Waals surface area contributed by atoms with Gasteiger partial charge in [0.1, 0.15) is 11.5 Å². The molecule has 6 nitrogen and oxygen atoms in total. The summed E-state index contributed by atoms with van der Waals surface area (Å²) in [5.41, 5.74) is 1.40. The maximum atomic E-state index is 12.9. The van der Waals surface area contributed by atoms with Gasteiger partial charge in [-0.2, -0.15) is 0 Å². The third-order valence-electron chi connectivity index (χ3n) is 7.11. The number of hydrogen-bond acceptors (Lipinski definition) is 5. The summed E-state index contributed by atoms with van der Waals surface area (Å²) < 4.78 is 11.1. The smallest absolute Gasteiger partial charge is 0.234 e. The number of piperidine rings is 1. The van der Waals surface area contributed by atoms with Crippen molar-refractivity contribution in [3.63, 3.8) is 0 Å². The quantitative estimate of drug-likeness (QED) is 0.690. The first-order valence-corrected chi connectivity index (χ1v) is 11.5. The summed E-state index contributed by atoms with van der Waals surface area (Å²) in [7, 11) is 3.30. The molecule has 1 saturated carbocycles. The fourth-order valence-electron chi connectivity index (χ4n) is 5.43. The first-order valence-electron chi connectivity index (χ1n) is 11.5. The number of carbonyl (C=O) groups excluding carboxylic acids is 1. The molecule has 0 aromatic heterocycles. The highest BCUT2D eigenvalue weighted by molar-refractivity contribution is 5.78. The van der Waals surface area contributed by atoms with Crippen LogP contribution in [0.25, 0.3) is 0 Å². The van der Waals surface area contributed by atoms with Gasteiger partial charge < -0.3 is 19.9 Å². The normalized spacial score (nSPS) is 25.6. The van der Waals surface area contributed by atoms with Gasteiger partial charge in [0.2, 0.25) is 5.91 Å². The van der Waals surface area contributed by atoms with Crippen molar-refractivity contribution in [2.24, 2.45) is 5.92 Å². The lowest BCUT2D eigenvalue weighted by molar-refractivity contribution is -0.138. The molecule has 2 unspecified atom stereocenters. The Morgan fingerprint density at radius 2 is 1.94 bits per heavy atom. The number of likely N-dealkylation sites (tertiary alicyclic amines) is 1. The zero-order valence-corrected chi connectivity index (χ0v) is 19.0. The van der Waals surface area contributed by atoms with Crippen LogP contribution in [0.1, 0.15) is 49.3 Å². The molecule has 0 bridgehead atoms. The Kier molecular flexibility index (Phi) is 7.01. The Hall–Kier alpha value is -2.57. The number of nitrogens with one attached hydrogen (secondary N) is 1. The van der Waals surface area contributed by atoms with Crippen molar-refractivity contribution in [3.05, 3.63) is 59.7 Å². The van der Waals surface area contributed by atoms with Crippen molar-refractivity contribution in [1.29, 1.82) is 0 Å². The molecular weight excluding hydrogens is 404 g/mol. The van der Waals surface area contributed by atoms with Gasteiger partial charge in [-0.1, -0.05) is 49.2 Å². The Morgan fingerprint density at radius 1 is 1.12 bits per heavy atom. The van der Waals surface area contributed by atoms with E-state index in [0.29, 0.717) is 26.1 Å². The summed E-state index contributed by atoms with van der Waals surface area (Å²) in [6.45, 7) is 1.47. The lowest BCUT2D eigenvalue weighted by Crippen LogP contribution is -2.56. The van der Waals surface area contributed by atoms with Gasteiger partial charge in [-0.25, -0.2) is 0 Å². The number of rotatable bonds is 7. The van der Waals surface area contributed by atoms with Crippen LogP contribution in [0.4, 0.5) is 0 Å². The fourth-order valence-corrected chi connectivity index (χ4v) is 5.43. The summed E-state index contributed by atoms with van der Waals surface area (Å²) in [5, 5.41) is 14.6. The predicted molar refractivity (Wildman–Crippen MR) is 124 cm³/mol. The van der Waals surface area contributed by atoms with E-state index in [1.807, 2.05) is 48.5 Å². The Morgan fingerprint density at radius 3 is 2.69 bits per heavy atom. The molecule has 2 aromatic carbocycles. The minimum absolute atomic E-state index is 0.00687. The molecule has 1 aliphatic heterocycles. The van der Waals surface area contributed by atoms with Crippen molar-refractivity contribution in [2.45, 2.75) is 50.3 Å². The fraction of sp³-hybridized carbons (Fsp3) is 0.500. The van der Waals surface area contributed by atoms with Crippen molar-refractivity contribution < 1.29 is 19.4 Å². The summed E-state index contributed by atoms with van der Waals surface area (Å²) in [5.74, 6) is 1.52. The number of ether oxygens (including phenoxy) is 2. The van der Waals surface area contributed by atoms with E-state index in [9.17, 15) is 9.90 Å². The number of methoxy groups -OCH3 is 2. The average molecular weight is 439 g/mol. The van der Waals surface area contributed by atoms with Crippen LogP contribution in [0, 0.1) is 5.92 Å². The molecule has 1 aliphatic carbocycles. The summed E-state index contributed by atoms with van der Waals surface area (Å²) >= 11 is 0. The van der Waals surface area contributed by atoms with E-state index in [-0.39, 0.29) is 17.9 Å². The van der Waals surface area contributed by atoms with E-state index in [2.05, 4.69) is 10.2 Å². The molecule has 172 valence electrons. The highest BCUT2D eigenvalue weighted by atomic mass is 16.5. The van der Waals surface area contributed by atoms with Gasteiger partial charge in [-0.3, -0.25) is 9.69 Å². The van der Waals surface area contributed by atoms with Gasteiger partial charge in [-0.15, -0.1) is 0 Å². The summed E-state index contributed by atoms with van der Waals surface area (Å²) in [6.07, 6.45) is 4.60. The zero-order chi connectivity index (χ0) is 22.6. The minimum atomic E-state index is -0.690. The second-order valence-corrected chi connectivity index (χ2v) is 8.99. The zero-order valence-electron chi connectivity index (χ0n) is 19.0. The lowest BCUT2D eigenvalue weighted by atomic mass is 9.66. The number of aliphatic hydroxyl groups is 1. The van der Waals surface area contributed by atoms with Gasteiger partial charge in [0.25, 0.3) is 0 Å². The van der Waals surface area contributed by atoms with Crippen LogP contribution in [-0.2, 0) is 11.3 Å². The largest absolute Gasteiger partial charge is 0.497 e. The molecule has 3 atom stereocenters. The van der Waals surface area contributed by atoms with Gasteiger partial charge >= 0.3 is 0 Å². The highest BCUT2D eigenvalue weighted by Crippen LogP contribution is 2.51. The number of fused-ring (bicyclic) bond motifs is 1. The van der Waals surface area contributed by atoms with E-state index in [4.69, 9.17) is 9.47 Å². The van der Waals surface area contributed by atoms with E-state index >= 15 is 0 Å². The van der Waals surface area contributed by atoms with E-state index in [0.717, 1.165) is 48.3 Å². The topological polar surface area (TPSA) is 71.0 Å². The second kappa shape index (κ2) is 9.92. The van der Waals surface area contributed by atoms with Crippen molar-refractivity contribution in [3.8, 4) is 11.5 Å². The van der Waals surface area contributed by atoms with Crippen LogP contribution >= 0.6 is 0 Å². The second-order valence-electron chi connectivity index (χ2n) is 8.99. The van der Waals surface area contributed by atoms with Crippen molar-refractivity contribution in [1.82, 2.24) is 10.2 Å². The molecular formula is C26H34N2O4. The van der Waals surface area contributed by atoms with Crippen LogP contribution in [-0.4, -0.2) is 48.8 Å². The van der Waals surface area contributed by atoms with Crippen LogP contribution in [0.15, 0.2) is 48.5 Å². The molecule has 2 fully saturated rings. The first kappa shape index (κ1) is 22.6. The molecule has 32 heavy (non-hydrogen) atoms. The Balaban J connectivity index is 1.58. The number of benzene rings is 2. The van der Waals surface area contributed by atoms with Gasteiger partial charge in [0, 0.05) is 36.7 Å². The third-order valence-corrected chi connectivity index (χ3v) is 7.11. The maximum Gasteiger partial charge on any atom is 0.234 e. The van der Waals surface area contributed by atoms with Crippen LogP contribution in [0.5, 0.6) is 11.5 Å². The molecule has 4 rings (SSSR count). The lowest BCUT2D eigenvalue weighted by Gasteiger charge is -2.52. The molecule has 0 spiro atoms. The van der Waals surface area contributed by atoms with Gasteiger partial charge in [0.05, 0.1) is 26.4 Å². The number of hydrogen-bond donors (Lipinski definition) is 2. The van der Waals surface area contributed by atoms with E-state index in [1.54, 1.807) is 14.2 Å². The summed E-state index contributed by atoms with van der Waals surface area (Å²) in [4.78, 5) is 15.1. The first-order chi connectivity index (χ1) is 15.5. The number of carbonyl (C=O) groups is 1. The van der Waals surface area contributed by atoms with Crippen LogP contribution < -0.4 is 14.8 Å². The predicted octanol–water partition coefficient (Wildman–Crippen LogP) is 3.69. The average Bonchev–Trinajstić information content (AvgIpc) is 2.83. The molecule has 2 aliphatic rings. The van der Waals surface area contributed by atoms with E-state index < -0.39 is 5.60 Å². The van der Waals surface area contributed by atoms with E-state index in [1.165, 1.54) is 0 Å². The third kappa shape index (κ3) is 4.76. The Labute approximate surface area is 190 Å². The summed E-state index contributed by atoms with van der Waals surface area (Å²) in [6, 6.07) is 15.7. The molecule has 2 aromatic rings. The SMILES string of the molecule is COc1ccc([C@H]2C3CCCCC3(O)CCN2CC(=O)NCc2ccccc2)c(OC)c1. The van der Waals surface area contributed by atoms with Crippen molar-refractivity contribution in [2.75, 3.05) is 27.3 Å². The maximum absolute atomic E-state index is 12.9. The monoisotopic (exact) mass is 438 g/mol. The highest BCUT2D eigenvalue weighted by Gasteiger charge is 2.49. The standard InChI is InChI=1S/C26H34N2O4/c1-31-20-11-12-21(23(16-20)32-2)25-22-10-6-7-13-26(22,30)14-15-28(25)18-24(29)27-17-19-8-4-3-5-9-19/h3-5,8-9,11-12,16,22,25,30H,6-7,10,13-15,17-18H2,1-2H3,(H,27,29)/t22?,25-,26?/m0/s1. The molecule has 6 heteroatoms.